The van der Waals surface area contributed by atoms with Crippen molar-refractivity contribution >= 4 is 11.4 Å². The molecule has 1 N–H and O–H groups in total. The van der Waals surface area contributed by atoms with E-state index in [1.807, 2.05) is 29.1 Å². The highest BCUT2D eigenvalue weighted by Crippen LogP contribution is 2.28. The van der Waals surface area contributed by atoms with Gasteiger partial charge >= 0.3 is 0 Å². The van der Waals surface area contributed by atoms with Gasteiger partial charge in [0.05, 0.1) is 18.0 Å². The average Bonchev–Trinajstić information content (AvgIpc) is 2.96. The number of hydrogen-bond donors (Lipinski definition) is 1. The molecule has 1 aromatic carbocycles. The van der Waals surface area contributed by atoms with Crippen molar-refractivity contribution < 1.29 is 5.21 Å². The first-order valence-electron chi connectivity index (χ1n) is 7.28. The normalized spacial score (nSPS) is 16.5. The van der Waals surface area contributed by atoms with Crippen LogP contribution >= 0.6 is 0 Å². The van der Waals surface area contributed by atoms with Crippen LogP contribution in [0.25, 0.3) is 0 Å². The molecule has 2 aromatic rings. The number of anilines is 1. The Morgan fingerprint density at radius 2 is 2.10 bits per heavy atom. The van der Waals surface area contributed by atoms with Crippen LogP contribution in [0.4, 0.5) is 5.69 Å². The van der Waals surface area contributed by atoms with Crippen molar-refractivity contribution in [3.8, 4) is 0 Å². The van der Waals surface area contributed by atoms with Crippen molar-refractivity contribution in [1.82, 2.24) is 9.78 Å². The molecule has 1 aliphatic heterocycles. The highest BCUT2D eigenvalue weighted by Gasteiger charge is 2.22. The van der Waals surface area contributed by atoms with Crippen LogP contribution in [-0.4, -0.2) is 27.2 Å². The van der Waals surface area contributed by atoms with Crippen LogP contribution in [-0.2, 0) is 6.54 Å². The van der Waals surface area contributed by atoms with Gasteiger partial charge in [0, 0.05) is 36.5 Å². The molecular formula is C16H20N4O. The van der Waals surface area contributed by atoms with Gasteiger partial charge in [-0.1, -0.05) is 23.4 Å². The van der Waals surface area contributed by atoms with Gasteiger partial charge in [0.25, 0.3) is 0 Å². The van der Waals surface area contributed by atoms with E-state index < -0.39 is 0 Å². The van der Waals surface area contributed by atoms with Gasteiger partial charge in [-0.25, -0.2) is 0 Å². The van der Waals surface area contributed by atoms with E-state index >= 15 is 0 Å². The van der Waals surface area contributed by atoms with Crippen LogP contribution in [0.15, 0.2) is 41.7 Å². The average molecular weight is 284 g/mol. The minimum absolute atomic E-state index is 0.375. The van der Waals surface area contributed by atoms with Crippen LogP contribution in [0.3, 0.4) is 0 Å². The van der Waals surface area contributed by atoms with E-state index in [-0.39, 0.29) is 0 Å². The fourth-order valence-electron chi connectivity index (χ4n) is 2.70. The fraction of sp³-hybridized carbons (Fsp3) is 0.375. The van der Waals surface area contributed by atoms with Gasteiger partial charge in [-0.3, -0.25) is 4.68 Å². The fourth-order valence-corrected chi connectivity index (χ4v) is 2.70. The molecule has 0 saturated heterocycles. The zero-order valence-corrected chi connectivity index (χ0v) is 12.4. The molecule has 0 radical (unpaired) electrons. The van der Waals surface area contributed by atoms with Crippen molar-refractivity contribution in [3.05, 3.63) is 47.8 Å². The molecule has 2 heterocycles. The lowest BCUT2D eigenvalue weighted by Crippen LogP contribution is -2.32. The Labute approximate surface area is 124 Å². The summed E-state index contributed by atoms with van der Waals surface area (Å²) in [6.07, 6.45) is 2.77. The Balaban J connectivity index is 1.86. The summed E-state index contributed by atoms with van der Waals surface area (Å²) in [7, 11) is 0. The summed E-state index contributed by atoms with van der Waals surface area (Å²) < 4.78 is 1.98. The van der Waals surface area contributed by atoms with Gasteiger partial charge in [-0.2, -0.15) is 5.10 Å². The van der Waals surface area contributed by atoms with Gasteiger partial charge in [0.1, 0.15) is 0 Å². The van der Waals surface area contributed by atoms with Crippen LogP contribution < -0.4 is 4.90 Å². The first kappa shape index (κ1) is 13.7. The number of aromatic nitrogens is 2. The van der Waals surface area contributed by atoms with Crippen LogP contribution in [0.5, 0.6) is 0 Å². The van der Waals surface area contributed by atoms with Gasteiger partial charge in [0.2, 0.25) is 0 Å². The summed E-state index contributed by atoms with van der Waals surface area (Å²) in [5.41, 5.74) is 3.93. The summed E-state index contributed by atoms with van der Waals surface area (Å²) in [4.78, 5) is 2.29. The van der Waals surface area contributed by atoms with Crippen LogP contribution in [0.2, 0.25) is 0 Å². The topological polar surface area (TPSA) is 53.7 Å². The van der Waals surface area contributed by atoms with E-state index in [1.54, 1.807) is 0 Å². The summed E-state index contributed by atoms with van der Waals surface area (Å²) in [5, 5.41) is 17.2. The third-order valence-electron chi connectivity index (χ3n) is 3.84. The maximum Gasteiger partial charge on any atom is 0.0906 e. The third-order valence-corrected chi connectivity index (χ3v) is 3.84. The molecular weight excluding hydrogens is 264 g/mol. The molecule has 3 rings (SSSR count). The minimum atomic E-state index is 0.375. The number of rotatable bonds is 3. The summed E-state index contributed by atoms with van der Waals surface area (Å²) in [5.74, 6) is 0. The van der Waals surface area contributed by atoms with Crippen molar-refractivity contribution in [2.24, 2.45) is 5.16 Å². The standard InChI is InChI=1S/C16H20N4O/c1-12(2)20-10-7-13(17-20)11-19-9-8-15(18-21)14-5-3-4-6-16(14)19/h3-7,10,12,21H,8-9,11H2,1-2H3. The van der Waals surface area contributed by atoms with Crippen molar-refractivity contribution in [2.75, 3.05) is 11.4 Å². The quantitative estimate of drug-likeness (QED) is 0.696. The van der Waals surface area contributed by atoms with E-state index in [9.17, 15) is 0 Å². The zero-order valence-electron chi connectivity index (χ0n) is 12.4. The molecule has 0 atom stereocenters. The first-order valence-corrected chi connectivity index (χ1v) is 7.28. The van der Waals surface area contributed by atoms with Crippen molar-refractivity contribution in [2.45, 2.75) is 32.9 Å². The second kappa shape index (κ2) is 5.60. The lowest BCUT2D eigenvalue weighted by atomic mass is 9.99. The van der Waals surface area contributed by atoms with Gasteiger partial charge in [0.15, 0.2) is 0 Å². The maximum absolute atomic E-state index is 9.13. The molecule has 0 unspecified atom stereocenters. The Morgan fingerprint density at radius 1 is 1.29 bits per heavy atom. The molecule has 5 nitrogen and oxygen atoms in total. The molecule has 0 saturated carbocycles. The number of oxime groups is 1. The number of hydrogen-bond acceptors (Lipinski definition) is 4. The molecule has 110 valence electrons. The highest BCUT2D eigenvalue weighted by molar-refractivity contribution is 6.06. The molecule has 0 fully saturated rings. The van der Waals surface area contributed by atoms with Gasteiger partial charge in [-0.05, 0) is 26.0 Å². The Kier molecular flexibility index (Phi) is 3.64. The SMILES string of the molecule is CC(C)n1ccc(CN2CCC(=NO)c3ccccc32)n1. The highest BCUT2D eigenvalue weighted by atomic mass is 16.4. The molecule has 5 heteroatoms. The van der Waals surface area contributed by atoms with E-state index in [4.69, 9.17) is 5.21 Å². The zero-order chi connectivity index (χ0) is 14.8. The van der Waals surface area contributed by atoms with E-state index in [2.05, 4.69) is 41.1 Å². The Hall–Kier alpha value is -2.30. The molecule has 21 heavy (non-hydrogen) atoms. The molecule has 0 spiro atoms. The predicted octanol–water partition coefficient (Wildman–Crippen LogP) is 3.05. The van der Waals surface area contributed by atoms with E-state index in [0.29, 0.717) is 6.04 Å². The van der Waals surface area contributed by atoms with E-state index in [0.717, 1.165) is 42.2 Å². The van der Waals surface area contributed by atoms with Crippen molar-refractivity contribution in [3.63, 3.8) is 0 Å². The second-order valence-electron chi connectivity index (χ2n) is 5.62. The summed E-state index contributed by atoms with van der Waals surface area (Å²) >= 11 is 0. The van der Waals surface area contributed by atoms with E-state index in [1.165, 1.54) is 0 Å². The second-order valence-corrected chi connectivity index (χ2v) is 5.62. The van der Waals surface area contributed by atoms with Gasteiger partial charge < -0.3 is 10.1 Å². The van der Waals surface area contributed by atoms with Crippen LogP contribution in [0, 0.1) is 0 Å². The molecule has 0 amide bonds. The lowest BCUT2D eigenvalue weighted by Gasteiger charge is -2.30. The van der Waals surface area contributed by atoms with Crippen LogP contribution in [0.1, 0.15) is 37.6 Å². The maximum atomic E-state index is 9.13. The Bertz CT molecular complexity index is 660. The number of nitrogens with zero attached hydrogens (tertiary/aromatic N) is 4. The molecule has 1 aromatic heterocycles. The van der Waals surface area contributed by atoms with Gasteiger partial charge in [-0.15, -0.1) is 0 Å². The number of para-hydroxylation sites is 1. The Morgan fingerprint density at radius 3 is 2.81 bits per heavy atom. The predicted molar refractivity (Wildman–Crippen MR) is 83.0 cm³/mol. The molecule has 0 bridgehead atoms. The van der Waals surface area contributed by atoms with Crippen molar-refractivity contribution in [1.29, 1.82) is 0 Å². The summed E-state index contributed by atoms with van der Waals surface area (Å²) in [6.45, 7) is 5.86. The monoisotopic (exact) mass is 284 g/mol. The minimum Gasteiger partial charge on any atom is -0.411 e. The number of benzene rings is 1. The largest absolute Gasteiger partial charge is 0.411 e. The molecule has 1 aliphatic rings. The summed E-state index contributed by atoms with van der Waals surface area (Å²) in [6, 6.07) is 10.5. The molecule has 0 aliphatic carbocycles. The number of fused-ring (bicyclic) bond motifs is 1. The smallest absolute Gasteiger partial charge is 0.0906 e. The lowest BCUT2D eigenvalue weighted by molar-refractivity contribution is 0.317. The first-order chi connectivity index (χ1) is 10.2. The third kappa shape index (κ3) is 2.63.